The van der Waals surface area contributed by atoms with Crippen molar-refractivity contribution in [2.75, 3.05) is 13.2 Å². The van der Waals surface area contributed by atoms with E-state index in [-0.39, 0.29) is 17.9 Å². The number of aromatic hydroxyl groups is 1. The Bertz CT molecular complexity index is 1170. The van der Waals surface area contributed by atoms with Crippen molar-refractivity contribution in [3.8, 4) is 5.75 Å². The SMILES string of the molecule is CC1(C)OCC(C2OC3OC(C)(C)OC3C2OCC(=O)NNC(=O)c2ccc3ccccc3c2O)O1. The fourth-order valence-corrected chi connectivity index (χ4v) is 4.71. The van der Waals surface area contributed by atoms with Crippen LogP contribution < -0.4 is 10.9 Å². The van der Waals surface area contributed by atoms with Crippen molar-refractivity contribution < 1.29 is 43.1 Å². The van der Waals surface area contributed by atoms with Gasteiger partial charge in [-0.1, -0.05) is 30.3 Å². The van der Waals surface area contributed by atoms with Crippen LogP contribution in [-0.2, 0) is 33.2 Å². The van der Waals surface area contributed by atoms with E-state index in [1.807, 2.05) is 12.1 Å². The molecule has 5 unspecified atom stereocenters. The Morgan fingerprint density at radius 3 is 2.53 bits per heavy atom. The summed E-state index contributed by atoms with van der Waals surface area (Å²) in [5.74, 6) is -3.08. The molecule has 0 spiro atoms. The Balaban J connectivity index is 1.20. The Labute approximate surface area is 207 Å². The summed E-state index contributed by atoms with van der Waals surface area (Å²) in [5.41, 5.74) is 4.65. The van der Waals surface area contributed by atoms with Crippen molar-refractivity contribution in [3.05, 3.63) is 42.0 Å². The smallest absolute Gasteiger partial charge is 0.273 e. The second-order valence-electron chi connectivity index (χ2n) is 9.90. The first-order valence-corrected chi connectivity index (χ1v) is 11.8. The third kappa shape index (κ3) is 4.90. The molecule has 36 heavy (non-hydrogen) atoms. The van der Waals surface area contributed by atoms with E-state index < -0.39 is 60.7 Å². The highest BCUT2D eigenvalue weighted by Gasteiger charge is 2.59. The van der Waals surface area contributed by atoms with E-state index in [1.54, 1.807) is 45.9 Å². The summed E-state index contributed by atoms with van der Waals surface area (Å²) >= 11 is 0. The quantitative estimate of drug-likeness (QED) is 0.523. The van der Waals surface area contributed by atoms with Crippen LogP contribution in [-0.4, -0.2) is 72.4 Å². The molecule has 2 aromatic rings. The van der Waals surface area contributed by atoms with E-state index in [0.717, 1.165) is 5.39 Å². The monoisotopic (exact) mass is 502 g/mol. The molecule has 0 bridgehead atoms. The number of hydrazine groups is 1. The molecule has 194 valence electrons. The molecule has 0 aliphatic carbocycles. The van der Waals surface area contributed by atoms with E-state index in [4.69, 9.17) is 28.4 Å². The van der Waals surface area contributed by atoms with Crippen LogP contribution in [0.1, 0.15) is 38.1 Å². The maximum atomic E-state index is 12.6. The first-order chi connectivity index (χ1) is 17.0. The zero-order valence-electron chi connectivity index (χ0n) is 20.5. The number of benzene rings is 2. The molecule has 3 saturated heterocycles. The number of carbonyl (C=O) groups excluding carboxylic acids is 2. The third-order valence-corrected chi connectivity index (χ3v) is 6.29. The number of phenolic OH excluding ortho intramolecular Hbond substituents is 1. The van der Waals surface area contributed by atoms with E-state index in [0.29, 0.717) is 5.39 Å². The van der Waals surface area contributed by atoms with E-state index in [1.165, 1.54) is 6.07 Å². The van der Waals surface area contributed by atoms with Crippen LogP contribution in [0.5, 0.6) is 5.75 Å². The molecule has 0 saturated carbocycles. The van der Waals surface area contributed by atoms with Crippen LogP contribution in [0.15, 0.2) is 36.4 Å². The summed E-state index contributed by atoms with van der Waals surface area (Å²) in [7, 11) is 0. The zero-order chi connectivity index (χ0) is 25.7. The standard InChI is InChI=1S/C25H30N2O9/c1-24(2)32-11-16(34-24)19-20(21-23(33-19)36-25(3,4)35-21)31-12-17(28)26-27-22(30)15-10-9-13-7-5-6-8-14(13)18(15)29/h5-10,16,19-21,23,29H,11-12H2,1-4H3,(H,26,28)(H,27,30). The Morgan fingerprint density at radius 2 is 1.78 bits per heavy atom. The predicted molar refractivity (Wildman–Crippen MR) is 125 cm³/mol. The third-order valence-electron chi connectivity index (χ3n) is 6.29. The minimum Gasteiger partial charge on any atom is -0.506 e. The molecule has 3 aliphatic heterocycles. The topological polar surface area (TPSA) is 134 Å². The summed E-state index contributed by atoms with van der Waals surface area (Å²) < 4.78 is 35.3. The van der Waals surface area contributed by atoms with Gasteiger partial charge >= 0.3 is 0 Å². The molecule has 5 atom stereocenters. The molecule has 2 amide bonds. The van der Waals surface area contributed by atoms with Crippen molar-refractivity contribution in [2.24, 2.45) is 0 Å². The highest BCUT2D eigenvalue weighted by molar-refractivity contribution is 6.04. The number of phenols is 1. The van der Waals surface area contributed by atoms with Crippen LogP contribution in [0.2, 0.25) is 0 Å². The van der Waals surface area contributed by atoms with Gasteiger partial charge in [0.1, 0.15) is 36.8 Å². The maximum Gasteiger partial charge on any atom is 0.273 e. The summed E-state index contributed by atoms with van der Waals surface area (Å²) in [6.07, 6.45) is -2.96. The lowest BCUT2D eigenvalue weighted by atomic mass is 10.1. The summed E-state index contributed by atoms with van der Waals surface area (Å²) in [6.45, 7) is 7.04. The van der Waals surface area contributed by atoms with Crippen LogP contribution >= 0.6 is 0 Å². The van der Waals surface area contributed by atoms with E-state index >= 15 is 0 Å². The van der Waals surface area contributed by atoms with Crippen LogP contribution in [0.4, 0.5) is 0 Å². The Kier molecular flexibility index (Phi) is 6.39. The second kappa shape index (κ2) is 9.25. The molecular formula is C25H30N2O9. The van der Waals surface area contributed by atoms with Gasteiger partial charge < -0.3 is 33.5 Å². The number of rotatable bonds is 5. The Morgan fingerprint density at radius 1 is 1.00 bits per heavy atom. The predicted octanol–water partition coefficient (Wildman–Crippen LogP) is 1.72. The van der Waals surface area contributed by atoms with Gasteiger partial charge in [-0.15, -0.1) is 0 Å². The van der Waals surface area contributed by atoms with Crippen molar-refractivity contribution in [2.45, 2.75) is 70.0 Å². The molecule has 2 aromatic carbocycles. The van der Waals surface area contributed by atoms with Gasteiger partial charge in [-0.3, -0.25) is 20.4 Å². The number of fused-ring (bicyclic) bond motifs is 2. The fraction of sp³-hybridized carbons (Fsp3) is 0.520. The van der Waals surface area contributed by atoms with Gasteiger partial charge in [0.2, 0.25) is 0 Å². The number of hydrogen-bond acceptors (Lipinski definition) is 9. The normalized spacial score (nSPS) is 30.3. The van der Waals surface area contributed by atoms with E-state index in [9.17, 15) is 14.7 Å². The van der Waals surface area contributed by atoms with Gasteiger partial charge in [0.15, 0.2) is 17.9 Å². The summed E-state index contributed by atoms with van der Waals surface area (Å²) in [4.78, 5) is 25.1. The van der Waals surface area contributed by atoms with Crippen molar-refractivity contribution >= 4 is 22.6 Å². The van der Waals surface area contributed by atoms with Gasteiger partial charge in [0, 0.05) is 5.39 Å². The minimum atomic E-state index is -0.869. The molecule has 3 heterocycles. The molecule has 0 aromatic heterocycles. The highest BCUT2D eigenvalue weighted by atomic mass is 16.8. The molecule has 5 rings (SSSR count). The van der Waals surface area contributed by atoms with Crippen molar-refractivity contribution in [1.82, 2.24) is 10.9 Å². The molecule has 11 heteroatoms. The lowest BCUT2D eigenvalue weighted by molar-refractivity contribution is -0.235. The number of carbonyl (C=O) groups is 2. The average molecular weight is 503 g/mol. The lowest BCUT2D eigenvalue weighted by Gasteiger charge is -2.28. The van der Waals surface area contributed by atoms with Gasteiger partial charge in [0.25, 0.3) is 11.8 Å². The molecule has 3 N–H and O–H groups in total. The lowest BCUT2D eigenvalue weighted by Crippen LogP contribution is -2.47. The molecule has 3 aliphatic rings. The van der Waals surface area contributed by atoms with Crippen LogP contribution in [0.25, 0.3) is 10.8 Å². The fourth-order valence-electron chi connectivity index (χ4n) is 4.71. The molecule has 3 fully saturated rings. The van der Waals surface area contributed by atoms with Gasteiger partial charge in [-0.25, -0.2) is 0 Å². The van der Waals surface area contributed by atoms with Crippen LogP contribution in [0, 0.1) is 0 Å². The minimum absolute atomic E-state index is 0.0294. The maximum absolute atomic E-state index is 12.6. The van der Waals surface area contributed by atoms with Gasteiger partial charge in [-0.2, -0.15) is 0 Å². The number of hydrogen-bond donors (Lipinski definition) is 3. The molecule has 0 radical (unpaired) electrons. The average Bonchev–Trinajstić information content (AvgIpc) is 3.44. The Hall–Kier alpha value is -2.80. The number of ether oxygens (including phenoxy) is 6. The second-order valence-corrected chi connectivity index (χ2v) is 9.90. The van der Waals surface area contributed by atoms with Gasteiger partial charge in [-0.05, 0) is 39.1 Å². The molecular weight excluding hydrogens is 472 g/mol. The van der Waals surface area contributed by atoms with E-state index in [2.05, 4.69) is 10.9 Å². The highest BCUT2D eigenvalue weighted by Crippen LogP contribution is 2.41. The van der Waals surface area contributed by atoms with Crippen molar-refractivity contribution in [1.29, 1.82) is 0 Å². The number of amides is 2. The van der Waals surface area contributed by atoms with Gasteiger partial charge in [0.05, 0.1) is 12.2 Å². The van der Waals surface area contributed by atoms with Crippen molar-refractivity contribution in [3.63, 3.8) is 0 Å². The largest absolute Gasteiger partial charge is 0.506 e. The summed E-state index contributed by atoms with van der Waals surface area (Å²) in [6, 6.07) is 10.3. The summed E-state index contributed by atoms with van der Waals surface area (Å²) in [5, 5.41) is 11.8. The number of nitrogens with one attached hydrogen (secondary N) is 2. The first-order valence-electron chi connectivity index (χ1n) is 11.8. The first kappa shape index (κ1) is 24.9. The molecule has 11 nitrogen and oxygen atoms in total. The van der Waals surface area contributed by atoms with Crippen LogP contribution in [0.3, 0.4) is 0 Å². The zero-order valence-corrected chi connectivity index (χ0v) is 20.5.